The zero-order valence-electron chi connectivity index (χ0n) is 10.6. The molecule has 1 saturated carbocycles. The second-order valence-electron chi connectivity index (χ2n) is 5.40. The Kier molecular flexibility index (Phi) is 4.62. The van der Waals surface area contributed by atoms with E-state index in [2.05, 4.69) is 19.2 Å². The van der Waals surface area contributed by atoms with E-state index in [0.29, 0.717) is 12.1 Å². The van der Waals surface area contributed by atoms with Gasteiger partial charge in [0.2, 0.25) is 0 Å². The first-order valence-corrected chi connectivity index (χ1v) is 6.72. The number of nitrogens with one attached hydrogen (secondary N) is 1. The van der Waals surface area contributed by atoms with Crippen LogP contribution < -0.4 is 5.32 Å². The Labute approximate surface area is 98.9 Å². The van der Waals surface area contributed by atoms with Gasteiger partial charge in [-0.25, -0.2) is 0 Å². The van der Waals surface area contributed by atoms with E-state index < -0.39 is 0 Å². The SMILES string of the molecule is CC(C)OCC1CNC2CCCCC2CO1. The van der Waals surface area contributed by atoms with Crippen molar-refractivity contribution in [2.75, 3.05) is 19.8 Å². The molecule has 2 rings (SSSR count). The van der Waals surface area contributed by atoms with E-state index in [1.54, 1.807) is 0 Å². The topological polar surface area (TPSA) is 30.5 Å². The Morgan fingerprint density at radius 3 is 2.94 bits per heavy atom. The minimum absolute atomic E-state index is 0.244. The van der Waals surface area contributed by atoms with Crippen molar-refractivity contribution in [3.8, 4) is 0 Å². The van der Waals surface area contributed by atoms with Crippen molar-refractivity contribution in [3.05, 3.63) is 0 Å². The first kappa shape index (κ1) is 12.3. The van der Waals surface area contributed by atoms with Crippen LogP contribution >= 0.6 is 0 Å². The molecule has 1 N–H and O–H groups in total. The molecular formula is C13H25NO2. The zero-order chi connectivity index (χ0) is 11.4. The third kappa shape index (κ3) is 3.44. The van der Waals surface area contributed by atoms with E-state index in [0.717, 1.165) is 25.7 Å². The molecule has 3 atom stereocenters. The van der Waals surface area contributed by atoms with Crippen LogP contribution in [-0.2, 0) is 9.47 Å². The summed E-state index contributed by atoms with van der Waals surface area (Å²) >= 11 is 0. The molecule has 0 radical (unpaired) electrons. The Bertz CT molecular complexity index is 192. The molecule has 2 fully saturated rings. The summed E-state index contributed by atoms with van der Waals surface area (Å²) in [6.45, 7) is 6.75. The Morgan fingerprint density at radius 2 is 2.12 bits per heavy atom. The van der Waals surface area contributed by atoms with E-state index in [1.165, 1.54) is 25.7 Å². The quantitative estimate of drug-likeness (QED) is 0.799. The highest BCUT2D eigenvalue weighted by atomic mass is 16.5. The molecule has 3 unspecified atom stereocenters. The molecule has 94 valence electrons. The van der Waals surface area contributed by atoms with Gasteiger partial charge in [0, 0.05) is 12.6 Å². The molecular weight excluding hydrogens is 202 g/mol. The fourth-order valence-corrected chi connectivity index (χ4v) is 2.68. The third-order valence-electron chi connectivity index (χ3n) is 3.68. The summed E-state index contributed by atoms with van der Waals surface area (Å²) in [6.07, 6.45) is 5.95. The Morgan fingerprint density at radius 1 is 1.31 bits per heavy atom. The molecule has 1 aliphatic heterocycles. The van der Waals surface area contributed by atoms with Gasteiger partial charge in [-0.05, 0) is 32.6 Å². The average molecular weight is 227 g/mol. The van der Waals surface area contributed by atoms with Gasteiger partial charge in [0.25, 0.3) is 0 Å². The van der Waals surface area contributed by atoms with Crippen LogP contribution in [0.5, 0.6) is 0 Å². The lowest BCUT2D eigenvalue weighted by atomic mass is 9.85. The highest BCUT2D eigenvalue weighted by molar-refractivity contribution is 4.84. The van der Waals surface area contributed by atoms with Crippen LogP contribution in [0.15, 0.2) is 0 Å². The molecule has 0 spiro atoms. The maximum atomic E-state index is 5.94. The second-order valence-corrected chi connectivity index (χ2v) is 5.40. The third-order valence-corrected chi connectivity index (χ3v) is 3.68. The minimum Gasteiger partial charge on any atom is -0.376 e. The summed E-state index contributed by atoms with van der Waals surface area (Å²) < 4.78 is 11.6. The van der Waals surface area contributed by atoms with E-state index >= 15 is 0 Å². The van der Waals surface area contributed by atoms with Gasteiger partial charge in [-0.2, -0.15) is 0 Å². The molecule has 3 heteroatoms. The van der Waals surface area contributed by atoms with E-state index in [1.807, 2.05) is 0 Å². The molecule has 1 aliphatic carbocycles. The van der Waals surface area contributed by atoms with Crippen LogP contribution in [0.2, 0.25) is 0 Å². The Balaban J connectivity index is 1.78. The fraction of sp³-hybridized carbons (Fsp3) is 1.00. The van der Waals surface area contributed by atoms with Gasteiger partial charge in [-0.15, -0.1) is 0 Å². The largest absolute Gasteiger partial charge is 0.376 e. The predicted octanol–water partition coefficient (Wildman–Crippen LogP) is 1.96. The highest BCUT2D eigenvalue weighted by Crippen LogP contribution is 2.26. The van der Waals surface area contributed by atoms with E-state index in [-0.39, 0.29) is 6.10 Å². The van der Waals surface area contributed by atoms with Crippen molar-refractivity contribution in [2.24, 2.45) is 5.92 Å². The van der Waals surface area contributed by atoms with Crippen LogP contribution in [0.25, 0.3) is 0 Å². The van der Waals surface area contributed by atoms with Gasteiger partial charge in [-0.3, -0.25) is 0 Å². The zero-order valence-corrected chi connectivity index (χ0v) is 10.6. The molecule has 1 heterocycles. The monoisotopic (exact) mass is 227 g/mol. The van der Waals surface area contributed by atoms with Gasteiger partial charge < -0.3 is 14.8 Å². The van der Waals surface area contributed by atoms with Crippen LogP contribution in [0.3, 0.4) is 0 Å². The first-order valence-electron chi connectivity index (χ1n) is 6.72. The number of fused-ring (bicyclic) bond motifs is 1. The van der Waals surface area contributed by atoms with E-state index in [4.69, 9.17) is 9.47 Å². The van der Waals surface area contributed by atoms with Gasteiger partial charge in [0.05, 0.1) is 25.4 Å². The molecule has 0 aromatic heterocycles. The molecule has 0 amide bonds. The summed E-state index contributed by atoms with van der Waals surface area (Å²) in [5.74, 6) is 0.734. The number of hydrogen-bond acceptors (Lipinski definition) is 3. The lowest BCUT2D eigenvalue weighted by Crippen LogP contribution is -2.40. The molecule has 0 aromatic rings. The number of hydrogen-bond donors (Lipinski definition) is 1. The maximum Gasteiger partial charge on any atom is 0.0932 e. The Hall–Kier alpha value is -0.120. The molecule has 2 aliphatic rings. The summed E-state index contributed by atoms with van der Waals surface area (Å²) in [5, 5.41) is 3.65. The molecule has 1 saturated heterocycles. The molecule has 3 nitrogen and oxygen atoms in total. The minimum atomic E-state index is 0.244. The van der Waals surface area contributed by atoms with Crippen molar-refractivity contribution in [3.63, 3.8) is 0 Å². The van der Waals surface area contributed by atoms with Crippen LogP contribution in [0.1, 0.15) is 39.5 Å². The van der Waals surface area contributed by atoms with Gasteiger partial charge >= 0.3 is 0 Å². The van der Waals surface area contributed by atoms with Crippen molar-refractivity contribution in [2.45, 2.75) is 57.8 Å². The normalized spacial score (nSPS) is 35.8. The lowest BCUT2D eigenvalue weighted by molar-refractivity contribution is -0.0356. The summed E-state index contributed by atoms with van der Waals surface area (Å²) in [6, 6.07) is 0.692. The summed E-state index contributed by atoms with van der Waals surface area (Å²) in [5.41, 5.74) is 0. The summed E-state index contributed by atoms with van der Waals surface area (Å²) in [7, 11) is 0. The summed E-state index contributed by atoms with van der Waals surface area (Å²) in [4.78, 5) is 0. The number of rotatable bonds is 3. The second kappa shape index (κ2) is 5.99. The maximum absolute atomic E-state index is 5.94. The van der Waals surface area contributed by atoms with Gasteiger partial charge in [0.15, 0.2) is 0 Å². The standard InChI is InChI=1S/C13H25NO2/c1-10(2)15-9-12-7-14-13-6-4-3-5-11(13)8-16-12/h10-14H,3-9H2,1-2H3. The van der Waals surface area contributed by atoms with Crippen LogP contribution in [-0.4, -0.2) is 38.0 Å². The lowest BCUT2D eigenvalue weighted by Gasteiger charge is -2.29. The predicted molar refractivity (Wildman–Crippen MR) is 64.6 cm³/mol. The smallest absolute Gasteiger partial charge is 0.0932 e. The molecule has 0 bridgehead atoms. The number of ether oxygens (including phenoxy) is 2. The van der Waals surface area contributed by atoms with Crippen LogP contribution in [0.4, 0.5) is 0 Å². The molecule has 0 aromatic carbocycles. The molecule has 16 heavy (non-hydrogen) atoms. The van der Waals surface area contributed by atoms with Crippen molar-refractivity contribution in [1.29, 1.82) is 0 Å². The van der Waals surface area contributed by atoms with Crippen molar-refractivity contribution in [1.82, 2.24) is 5.32 Å². The van der Waals surface area contributed by atoms with Gasteiger partial charge in [0.1, 0.15) is 0 Å². The van der Waals surface area contributed by atoms with E-state index in [9.17, 15) is 0 Å². The van der Waals surface area contributed by atoms with Crippen molar-refractivity contribution >= 4 is 0 Å². The average Bonchev–Trinajstić information content (AvgIpc) is 2.49. The van der Waals surface area contributed by atoms with Crippen LogP contribution in [0, 0.1) is 5.92 Å². The highest BCUT2D eigenvalue weighted by Gasteiger charge is 2.29. The van der Waals surface area contributed by atoms with Gasteiger partial charge in [-0.1, -0.05) is 12.8 Å². The first-order chi connectivity index (χ1) is 7.75. The fourth-order valence-electron chi connectivity index (χ4n) is 2.68. The van der Waals surface area contributed by atoms with Crippen molar-refractivity contribution < 1.29 is 9.47 Å².